The summed E-state index contributed by atoms with van der Waals surface area (Å²) in [5.74, 6) is -2.23. The van der Waals surface area contributed by atoms with Gasteiger partial charge in [0.2, 0.25) is 12.3 Å². The van der Waals surface area contributed by atoms with E-state index in [1.54, 1.807) is 19.1 Å². The van der Waals surface area contributed by atoms with Crippen LogP contribution in [0.4, 0.5) is 14.5 Å². The third-order valence-electron chi connectivity index (χ3n) is 6.85. The van der Waals surface area contributed by atoms with Gasteiger partial charge in [-0.05, 0) is 61.4 Å². The molecular weight excluding hydrogens is 535 g/mol. The highest BCUT2D eigenvalue weighted by molar-refractivity contribution is 6.31. The number of nitrogens with one attached hydrogen (secondary N) is 3. The number of carbonyl (C=O) groups is 2. The first kappa shape index (κ1) is 30.3. The van der Waals surface area contributed by atoms with Crippen LogP contribution in [0.15, 0.2) is 36.4 Å². The van der Waals surface area contributed by atoms with Crippen LogP contribution in [0.5, 0.6) is 0 Å². The Labute approximate surface area is 232 Å². The van der Waals surface area contributed by atoms with E-state index in [2.05, 4.69) is 36.7 Å². The molecule has 3 atom stereocenters. The molecule has 1 saturated heterocycles. The Morgan fingerprint density at radius 1 is 1.18 bits per heavy atom. The second kappa shape index (κ2) is 12.3. The molecule has 4 rings (SSSR count). The van der Waals surface area contributed by atoms with Gasteiger partial charge in [-0.2, -0.15) is 0 Å². The van der Waals surface area contributed by atoms with E-state index in [1.165, 1.54) is 24.3 Å². The Balaban J connectivity index is 0.000000375. The molecule has 10 heteroatoms. The van der Waals surface area contributed by atoms with E-state index in [1.807, 2.05) is 0 Å². The summed E-state index contributed by atoms with van der Waals surface area (Å²) in [7, 11) is 0. The largest absolute Gasteiger partial charge is 0.390 e. The Kier molecular flexibility index (Phi) is 9.79. The molecule has 1 aliphatic heterocycles. The lowest BCUT2D eigenvalue weighted by Crippen LogP contribution is -2.51. The van der Waals surface area contributed by atoms with Crippen LogP contribution >= 0.6 is 23.2 Å². The maximum Gasteiger partial charge on any atom is 0.229 e. The first-order valence-corrected chi connectivity index (χ1v) is 13.3. The number of halogens is 4. The topological polar surface area (TPSA) is 90.5 Å². The number of aliphatic hydroxyl groups is 1. The predicted molar refractivity (Wildman–Crippen MR) is 146 cm³/mol. The molecule has 208 valence electrons. The number of carbonyl (C=O) groups excluding carboxylic acids is 2. The molecule has 2 aromatic rings. The lowest BCUT2D eigenvalue weighted by Gasteiger charge is -2.40. The number of hydrogen-bond acceptors (Lipinski definition) is 4. The molecule has 0 bridgehead atoms. The molecule has 0 spiro atoms. The normalized spacial score (nSPS) is 26.6. The smallest absolute Gasteiger partial charge is 0.229 e. The first-order valence-electron chi connectivity index (χ1n) is 12.6. The summed E-state index contributed by atoms with van der Waals surface area (Å²) in [5, 5.41) is 17.9. The third-order valence-corrected chi connectivity index (χ3v) is 7.43. The molecule has 2 aliphatic rings. The van der Waals surface area contributed by atoms with Crippen LogP contribution in [-0.2, 0) is 9.59 Å². The molecule has 1 saturated carbocycles. The van der Waals surface area contributed by atoms with Gasteiger partial charge in [-0.1, -0.05) is 56.1 Å². The summed E-state index contributed by atoms with van der Waals surface area (Å²) in [6.45, 7) is 8.51. The van der Waals surface area contributed by atoms with Gasteiger partial charge in [0.15, 0.2) is 0 Å². The zero-order chi connectivity index (χ0) is 28.3. The highest BCUT2D eigenvalue weighted by Crippen LogP contribution is 2.39. The van der Waals surface area contributed by atoms with Crippen molar-refractivity contribution in [3.63, 3.8) is 0 Å². The van der Waals surface area contributed by atoms with Crippen molar-refractivity contribution in [3.05, 3.63) is 63.6 Å². The fourth-order valence-electron chi connectivity index (χ4n) is 5.16. The summed E-state index contributed by atoms with van der Waals surface area (Å²) >= 11 is 11.8. The van der Waals surface area contributed by atoms with E-state index in [0.717, 1.165) is 6.42 Å². The third kappa shape index (κ3) is 7.88. The Morgan fingerprint density at radius 3 is 2.45 bits per heavy atom. The number of anilines is 1. The Morgan fingerprint density at radius 2 is 1.87 bits per heavy atom. The van der Waals surface area contributed by atoms with Crippen LogP contribution in [0.1, 0.15) is 58.4 Å². The van der Waals surface area contributed by atoms with E-state index in [4.69, 9.17) is 28.3 Å². The van der Waals surface area contributed by atoms with Gasteiger partial charge in [-0.15, -0.1) is 0 Å². The van der Waals surface area contributed by atoms with Crippen molar-refractivity contribution in [2.24, 2.45) is 11.3 Å². The predicted octanol–water partition coefficient (Wildman–Crippen LogP) is 5.66. The molecule has 3 unspecified atom stereocenters. The number of rotatable bonds is 6. The van der Waals surface area contributed by atoms with E-state index in [0.29, 0.717) is 37.0 Å². The molecule has 0 radical (unpaired) electrons. The SMILES string of the molecule is CC(C)(C)CC1NCC(c2cccc(Cl)c2F)C1C(=O)Nc1ccc(F)c(Cl)c1.CC1(O)CC(NC=O)C1. The summed E-state index contributed by atoms with van der Waals surface area (Å²) in [6, 6.07) is 8.93. The summed E-state index contributed by atoms with van der Waals surface area (Å²) in [5.41, 5.74) is 0.254. The van der Waals surface area contributed by atoms with Crippen LogP contribution in [0, 0.1) is 23.0 Å². The average Bonchev–Trinajstić information content (AvgIpc) is 3.19. The Bertz CT molecular complexity index is 1150. The Hall–Kier alpha value is -2.26. The number of hydrogen-bond donors (Lipinski definition) is 4. The van der Waals surface area contributed by atoms with Crippen LogP contribution < -0.4 is 16.0 Å². The average molecular weight is 571 g/mol. The van der Waals surface area contributed by atoms with Crippen molar-refractivity contribution in [2.45, 2.75) is 70.6 Å². The lowest BCUT2D eigenvalue weighted by molar-refractivity contribution is -0.120. The van der Waals surface area contributed by atoms with Crippen molar-refractivity contribution >= 4 is 41.2 Å². The van der Waals surface area contributed by atoms with Gasteiger partial charge < -0.3 is 21.1 Å². The second-order valence-corrected chi connectivity index (χ2v) is 12.4. The molecule has 1 aliphatic carbocycles. The van der Waals surface area contributed by atoms with Gasteiger partial charge in [-0.3, -0.25) is 9.59 Å². The van der Waals surface area contributed by atoms with Gasteiger partial charge in [0.25, 0.3) is 0 Å². The molecule has 0 aromatic heterocycles. The lowest BCUT2D eigenvalue weighted by atomic mass is 9.77. The molecule has 4 N–H and O–H groups in total. The first-order chi connectivity index (χ1) is 17.7. The summed E-state index contributed by atoms with van der Waals surface area (Å²) in [4.78, 5) is 23.1. The van der Waals surface area contributed by atoms with Crippen molar-refractivity contribution in [2.75, 3.05) is 11.9 Å². The van der Waals surface area contributed by atoms with E-state index < -0.39 is 23.2 Å². The molecule has 6 nitrogen and oxygen atoms in total. The number of benzene rings is 2. The molecule has 2 fully saturated rings. The van der Waals surface area contributed by atoms with E-state index in [9.17, 15) is 18.4 Å². The van der Waals surface area contributed by atoms with Gasteiger partial charge in [0, 0.05) is 30.2 Å². The second-order valence-electron chi connectivity index (χ2n) is 11.6. The fraction of sp³-hybridized carbons (Fsp3) is 0.500. The maximum absolute atomic E-state index is 14.7. The van der Waals surface area contributed by atoms with Crippen LogP contribution in [-0.4, -0.2) is 41.7 Å². The monoisotopic (exact) mass is 569 g/mol. The summed E-state index contributed by atoms with van der Waals surface area (Å²) < 4.78 is 28.2. The summed E-state index contributed by atoms with van der Waals surface area (Å²) in [6.07, 6.45) is 2.78. The van der Waals surface area contributed by atoms with Gasteiger partial charge in [0.1, 0.15) is 11.6 Å². The minimum atomic E-state index is -0.559. The minimum Gasteiger partial charge on any atom is -0.390 e. The molecule has 1 heterocycles. The standard InChI is InChI=1S/C22H24Cl2F2N2O.C6H11NO2/c1-22(2,3)10-18-19(21(29)28-12-7-8-17(25)16(24)9-12)14(11-27-18)13-5-4-6-15(23)20(13)26;1-6(9)2-5(3-6)7-4-8/h4-9,14,18-19,27H,10-11H2,1-3H3,(H,28,29);4-5,9H,2-3H2,1H3,(H,7,8). The van der Waals surface area contributed by atoms with Crippen LogP contribution in [0.25, 0.3) is 0 Å². The zero-order valence-corrected chi connectivity index (χ0v) is 23.5. The number of amides is 2. The van der Waals surface area contributed by atoms with E-state index in [-0.39, 0.29) is 39.4 Å². The van der Waals surface area contributed by atoms with Crippen LogP contribution in [0.2, 0.25) is 10.0 Å². The minimum absolute atomic E-state index is 0.0306. The zero-order valence-electron chi connectivity index (χ0n) is 22.0. The molecule has 2 aromatic carbocycles. The van der Waals surface area contributed by atoms with Crippen LogP contribution in [0.3, 0.4) is 0 Å². The molecular formula is C28H35Cl2F2N3O3. The van der Waals surface area contributed by atoms with Crippen molar-refractivity contribution < 1.29 is 23.5 Å². The highest BCUT2D eigenvalue weighted by atomic mass is 35.5. The van der Waals surface area contributed by atoms with E-state index >= 15 is 0 Å². The maximum atomic E-state index is 14.7. The van der Waals surface area contributed by atoms with Crippen molar-refractivity contribution in [1.82, 2.24) is 10.6 Å². The van der Waals surface area contributed by atoms with Gasteiger partial charge >= 0.3 is 0 Å². The highest BCUT2D eigenvalue weighted by Gasteiger charge is 2.44. The van der Waals surface area contributed by atoms with Gasteiger partial charge in [0.05, 0.1) is 21.6 Å². The van der Waals surface area contributed by atoms with Gasteiger partial charge in [-0.25, -0.2) is 8.78 Å². The van der Waals surface area contributed by atoms with Crippen molar-refractivity contribution in [1.29, 1.82) is 0 Å². The fourth-order valence-corrected chi connectivity index (χ4v) is 5.53. The quantitative estimate of drug-likeness (QED) is 0.338. The van der Waals surface area contributed by atoms with Crippen molar-refractivity contribution in [3.8, 4) is 0 Å². The molecule has 38 heavy (non-hydrogen) atoms. The molecule has 2 amide bonds.